The predicted molar refractivity (Wildman–Crippen MR) is 87.9 cm³/mol. The molecule has 2 saturated carbocycles. The molecule has 3 N–H and O–H groups in total. The van der Waals surface area contributed by atoms with Crippen molar-refractivity contribution in [3.63, 3.8) is 0 Å². The minimum Gasteiger partial charge on any atom is -0.329 e. The van der Waals surface area contributed by atoms with Crippen molar-refractivity contribution in [3.8, 4) is 0 Å². The highest BCUT2D eigenvalue weighted by Crippen LogP contribution is 2.49. The number of benzene rings is 1. The summed E-state index contributed by atoms with van der Waals surface area (Å²) in [5, 5.41) is 4.43. The van der Waals surface area contributed by atoms with Crippen LogP contribution in [0.4, 0.5) is 0 Å². The van der Waals surface area contributed by atoms with E-state index in [0.29, 0.717) is 6.54 Å². The van der Waals surface area contributed by atoms with Gasteiger partial charge < -0.3 is 11.1 Å². The summed E-state index contributed by atoms with van der Waals surface area (Å²) < 4.78 is 0.942. The lowest BCUT2D eigenvalue weighted by molar-refractivity contribution is 0.357. The van der Waals surface area contributed by atoms with Gasteiger partial charge in [0, 0.05) is 17.1 Å². The van der Waals surface area contributed by atoms with Crippen molar-refractivity contribution in [2.24, 2.45) is 23.5 Å². The van der Waals surface area contributed by atoms with E-state index in [1.165, 1.54) is 31.2 Å². The van der Waals surface area contributed by atoms with Crippen molar-refractivity contribution in [2.75, 3.05) is 13.1 Å². The molecule has 0 amide bonds. The van der Waals surface area contributed by atoms with Gasteiger partial charge in [-0.05, 0) is 83.6 Å². The summed E-state index contributed by atoms with van der Waals surface area (Å²) in [7, 11) is 0. The minimum atomic E-state index is 0.226. The van der Waals surface area contributed by atoms with Gasteiger partial charge in [-0.1, -0.05) is 17.7 Å². The lowest BCUT2D eigenvalue weighted by Gasteiger charge is -2.22. The summed E-state index contributed by atoms with van der Waals surface area (Å²) in [6, 6.07) is 6.31. The molecular formula is C16H22BrClN2. The Bertz CT molecular complexity index is 460. The first kappa shape index (κ1) is 14.8. The largest absolute Gasteiger partial charge is 0.329 e. The van der Waals surface area contributed by atoms with Crippen LogP contribution in [0.5, 0.6) is 0 Å². The smallest absolute Gasteiger partial charge is 0.0548 e. The van der Waals surface area contributed by atoms with Gasteiger partial charge in [-0.15, -0.1) is 0 Å². The first-order valence-corrected chi connectivity index (χ1v) is 8.74. The van der Waals surface area contributed by atoms with Crippen molar-refractivity contribution in [1.82, 2.24) is 5.32 Å². The fourth-order valence-corrected chi connectivity index (χ4v) is 3.63. The molecule has 20 heavy (non-hydrogen) atoms. The summed E-state index contributed by atoms with van der Waals surface area (Å²) in [6.45, 7) is 1.73. The van der Waals surface area contributed by atoms with Crippen molar-refractivity contribution in [2.45, 2.75) is 31.7 Å². The summed E-state index contributed by atoms with van der Waals surface area (Å²) in [6.07, 6.45) is 5.73. The van der Waals surface area contributed by atoms with Crippen LogP contribution in [0.15, 0.2) is 22.7 Å². The molecule has 2 fully saturated rings. The lowest BCUT2D eigenvalue weighted by Crippen LogP contribution is -2.33. The maximum absolute atomic E-state index is 6.06. The number of nitrogens with one attached hydrogen (secondary N) is 1. The SMILES string of the molecule is NCC(NCC(C1CC1)C1CC1)c1ccc(Cl)c(Br)c1. The van der Waals surface area contributed by atoms with Crippen LogP contribution in [-0.2, 0) is 0 Å². The maximum atomic E-state index is 6.06. The third-order valence-corrected chi connectivity index (χ3v) is 5.85. The molecule has 1 unspecified atom stereocenters. The molecule has 0 saturated heterocycles. The molecule has 0 spiro atoms. The van der Waals surface area contributed by atoms with E-state index in [4.69, 9.17) is 17.3 Å². The molecule has 0 radical (unpaired) electrons. The van der Waals surface area contributed by atoms with E-state index in [1.807, 2.05) is 6.07 Å². The van der Waals surface area contributed by atoms with Crippen molar-refractivity contribution < 1.29 is 0 Å². The molecule has 2 aliphatic carbocycles. The Morgan fingerprint density at radius 3 is 2.40 bits per heavy atom. The Kier molecular flexibility index (Phi) is 4.71. The average Bonchev–Trinajstić information content (AvgIpc) is 3.31. The molecule has 0 aliphatic heterocycles. The summed E-state index contributed by atoms with van der Waals surface area (Å²) in [5.74, 6) is 2.83. The molecule has 2 aliphatic rings. The third kappa shape index (κ3) is 3.56. The first-order valence-electron chi connectivity index (χ1n) is 7.57. The van der Waals surface area contributed by atoms with Gasteiger partial charge in [0.15, 0.2) is 0 Å². The zero-order valence-corrected chi connectivity index (χ0v) is 14.0. The summed E-state index contributed by atoms with van der Waals surface area (Å²) in [4.78, 5) is 0. The standard InChI is InChI=1S/C16H22BrClN2/c17-14-7-12(5-6-15(14)18)16(8-19)20-9-13(10-1-2-10)11-3-4-11/h5-7,10-11,13,16,20H,1-4,8-9,19H2. The highest BCUT2D eigenvalue weighted by molar-refractivity contribution is 9.10. The Morgan fingerprint density at radius 1 is 1.25 bits per heavy atom. The van der Waals surface area contributed by atoms with Crippen LogP contribution in [0.3, 0.4) is 0 Å². The zero-order valence-electron chi connectivity index (χ0n) is 11.6. The van der Waals surface area contributed by atoms with Gasteiger partial charge in [0.25, 0.3) is 0 Å². The number of rotatable bonds is 7. The normalized spacial score (nSPS) is 20.4. The lowest BCUT2D eigenvalue weighted by atomic mass is 9.97. The van der Waals surface area contributed by atoms with E-state index in [0.717, 1.165) is 33.8 Å². The van der Waals surface area contributed by atoms with Gasteiger partial charge in [0.2, 0.25) is 0 Å². The fourth-order valence-electron chi connectivity index (χ4n) is 3.11. The Hall–Kier alpha value is -0.0900. The van der Waals surface area contributed by atoms with Crippen molar-refractivity contribution >= 4 is 27.5 Å². The van der Waals surface area contributed by atoms with Gasteiger partial charge in [-0.3, -0.25) is 0 Å². The van der Waals surface area contributed by atoms with Gasteiger partial charge in [0.1, 0.15) is 0 Å². The second-order valence-corrected chi connectivity index (χ2v) is 7.47. The fraction of sp³-hybridized carbons (Fsp3) is 0.625. The Morgan fingerprint density at radius 2 is 1.90 bits per heavy atom. The van der Waals surface area contributed by atoms with Crippen molar-refractivity contribution in [1.29, 1.82) is 0 Å². The number of nitrogens with two attached hydrogens (primary N) is 1. The van der Waals surface area contributed by atoms with Crippen LogP contribution in [0.25, 0.3) is 0 Å². The first-order chi connectivity index (χ1) is 9.69. The highest BCUT2D eigenvalue weighted by atomic mass is 79.9. The Balaban J connectivity index is 1.62. The molecule has 1 aromatic carbocycles. The van der Waals surface area contributed by atoms with Crippen LogP contribution >= 0.6 is 27.5 Å². The van der Waals surface area contributed by atoms with Crippen LogP contribution < -0.4 is 11.1 Å². The topological polar surface area (TPSA) is 38.0 Å². The van der Waals surface area contributed by atoms with E-state index in [1.54, 1.807) is 0 Å². The molecular weight excluding hydrogens is 336 g/mol. The quantitative estimate of drug-likeness (QED) is 0.770. The molecule has 1 aromatic rings. The molecule has 110 valence electrons. The van der Waals surface area contributed by atoms with Crippen LogP contribution in [0.2, 0.25) is 5.02 Å². The van der Waals surface area contributed by atoms with Crippen LogP contribution in [0, 0.1) is 17.8 Å². The molecule has 3 rings (SSSR count). The van der Waals surface area contributed by atoms with E-state index in [-0.39, 0.29) is 6.04 Å². The molecule has 0 heterocycles. The van der Waals surface area contributed by atoms with Gasteiger partial charge in [-0.25, -0.2) is 0 Å². The Labute approximate surface area is 134 Å². The average molecular weight is 358 g/mol. The third-order valence-electron chi connectivity index (χ3n) is 4.64. The van der Waals surface area contributed by atoms with E-state index < -0.39 is 0 Å². The molecule has 0 aromatic heterocycles. The van der Waals surface area contributed by atoms with E-state index >= 15 is 0 Å². The van der Waals surface area contributed by atoms with E-state index in [9.17, 15) is 0 Å². The second kappa shape index (κ2) is 6.35. The molecule has 2 nitrogen and oxygen atoms in total. The van der Waals surface area contributed by atoms with Gasteiger partial charge in [-0.2, -0.15) is 0 Å². The predicted octanol–water partition coefficient (Wildman–Crippen LogP) is 4.13. The number of hydrogen-bond acceptors (Lipinski definition) is 2. The second-order valence-electron chi connectivity index (χ2n) is 6.21. The highest BCUT2D eigenvalue weighted by Gasteiger charge is 2.41. The summed E-state index contributed by atoms with van der Waals surface area (Å²) in [5.41, 5.74) is 7.17. The van der Waals surface area contributed by atoms with E-state index in [2.05, 4.69) is 33.4 Å². The van der Waals surface area contributed by atoms with Crippen LogP contribution in [0.1, 0.15) is 37.3 Å². The van der Waals surface area contributed by atoms with Gasteiger partial charge in [0.05, 0.1) is 5.02 Å². The zero-order chi connectivity index (χ0) is 14.1. The number of halogens is 2. The minimum absolute atomic E-state index is 0.226. The van der Waals surface area contributed by atoms with Crippen molar-refractivity contribution in [3.05, 3.63) is 33.3 Å². The molecule has 4 heteroatoms. The maximum Gasteiger partial charge on any atom is 0.0548 e. The van der Waals surface area contributed by atoms with Crippen LogP contribution in [-0.4, -0.2) is 13.1 Å². The monoisotopic (exact) mass is 356 g/mol. The van der Waals surface area contributed by atoms with Gasteiger partial charge >= 0.3 is 0 Å². The number of hydrogen-bond donors (Lipinski definition) is 2. The molecule has 0 bridgehead atoms. The molecule has 1 atom stereocenters. The summed E-state index contributed by atoms with van der Waals surface area (Å²) >= 11 is 9.55.